The number of benzene rings is 1. The summed E-state index contributed by atoms with van der Waals surface area (Å²) in [6.07, 6.45) is 0. The Morgan fingerprint density at radius 3 is 2.84 bits per heavy atom. The summed E-state index contributed by atoms with van der Waals surface area (Å²) >= 11 is 5.68. The second kappa shape index (κ2) is 5.46. The third kappa shape index (κ3) is 2.86. The molecule has 0 atom stereocenters. The first-order valence-electron chi connectivity index (χ1n) is 5.10. The summed E-state index contributed by atoms with van der Waals surface area (Å²) in [6, 6.07) is 5.57. The molecule has 0 radical (unpaired) electrons. The third-order valence-corrected chi connectivity index (χ3v) is 2.27. The number of nitriles is 1. The average Bonchev–Trinajstić information content (AvgIpc) is 2.38. The largest absolute Gasteiger partial charge is 0.423 e. The fourth-order valence-corrected chi connectivity index (χ4v) is 1.44. The standard InChI is InChI=1S/C11H7ClFN5O/c1-15-10-16-9(12)17-11(18-10)19-8-4-2-3-7(13)6(8)5-14/h2-4H,1H3,(H,15,16,17,18). The fourth-order valence-electron chi connectivity index (χ4n) is 1.29. The Bertz CT molecular complexity index is 658. The molecule has 19 heavy (non-hydrogen) atoms. The molecule has 8 heteroatoms. The summed E-state index contributed by atoms with van der Waals surface area (Å²) in [4.78, 5) is 11.4. The Morgan fingerprint density at radius 1 is 1.37 bits per heavy atom. The van der Waals surface area contributed by atoms with E-state index in [2.05, 4.69) is 20.3 Å². The maximum Gasteiger partial charge on any atom is 0.328 e. The zero-order chi connectivity index (χ0) is 13.8. The summed E-state index contributed by atoms with van der Waals surface area (Å²) < 4.78 is 18.6. The van der Waals surface area contributed by atoms with Crippen LogP contribution in [0.2, 0.25) is 5.28 Å². The number of nitrogens with one attached hydrogen (secondary N) is 1. The smallest absolute Gasteiger partial charge is 0.328 e. The molecule has 1 aromatic heterocycles. The van der Waals surface area contributed by atoms with Crippen LogP contribution in [0, 0.1) is 17.1 Å². The molecule has 0 aliphatic heterocycles. The number of nitrogens with zero attached hydrogens (tertiary/aromatic N) is 4. The maximum atomic E-state index is 13.4. The molecule has 0 amide bonds. The highest BCUT2D eigenvalue weighted by Gasteiger charge is 2.12. The molecule has 6 nitrogen and oxygen atoms in total. The lowest BCUT2D eigenvalue weighted by Crippen LogP contribution is -2.02. The molecule has 1 heterocycles. The van der Waals surface area contributed by atoms with E-state index >= 15 is 0 Å². The topological polar surface area (TPSA) is 83.7 Å². The van der Waals surface area contributed by atoms with Crippen molar-refractivity contribution in [2.75, 3.05) is 12.4 Å². The van der Waals surface area contributed by atoms with Crippen molar-refractivity contribution in [1.82, 2.24) is 15.0 Å². The van der Waals surface area contributed by atoms with Gasteiger partial charge < -0.3 is 10.1 Å². The van der Waals surface area contributed by atoms with Crippen molar-refractivity contribution in [3.05, 3.63) is 34.9 Å². The summed E-state index contributed by atoms with van der Waals surface area (Å²) in [5, 5.41) is 11.5. The van der Waals surface area contributed by atoms with Gasteiger partial charge in [-0.2, -0.15) is 20.2 Å². The van der Waals surface area contributed by atoms with Gasteiger partial charge in [0.15, 0.2) is 5.75 Å². The van der Waals surface area contributed by atoms with Gasteiger partial charge in [0.05, 0.1) is 0 Å². The van der Waals surface area contributed by atoms with E-state index in [9.17, 15) is 4.39 Å². The Labute approximate surface area is 112 Å². The quantitative estimate of drug-likeness (QED) is 0.928. The first-order valence-corrected chi connectivity index (χ1v) is 5.47. The molecule has 2 rings (SSSR count). The van der Waals surface area contributed by atoms with Crippen LogP contribution in [0.3, 0.4) is 0 Å². The molecule has 0 saturated carbocycles. The molecule has 1 N–H and O–H groups in total. The molecule has 0 spiro atoms. The van der Waals surface area contributed by atoms with Gasteiger partial charge in [-0.15, -0.1) is 0 Å². The van der Waals surface area contributed by atoms with E-state index in [4.69, 9.17) is 21.6 Å². The summed E-state index contributed by atoms with van der Waals surface area (Å²) in [5.74, 6) is -0.481. The van der Waals surface area contributed by atoms with Crippen molar-refractivity contribution in [3.8, 4) is 17.8 Å². The van der Waals surface area contributed by atoms with Gasteiger partial charge in [-0.1, -0.05) is 6.07 Å². The van der Waals surface area contributed by atoms with Crippen LogP contribution in [0.15, 0.2) is 18.2 Å². The SMILES string of the molecule is CNc1nc(Cl)nc(Oc2cccc(F)c2C#N)n1. The van der Waals surface area contributed by atoms with E-state index in [1.54, 1.807) is 13.1 Å². The van der Waals surface area contributed by atoms with Crippen LogP contribution >= 0.6 is 11.6 Å². The first kappa shape index (κ1) is 13.0. The Kier molecular flexibility index (Phi) is 3.73. The Balaban J connectivity index is 2.39. The zero-order valence-corrected chi connectivity index (χ0v) is 10.4. The number of hydrogen-bond acceptors (Lipinski definition) is 6. The van der Waals surface area contributed by atoms with Gasteiger partial charge in [0.1, 0.15) is 17.4 Å². The van der Waals surface area contributed by atoms with Crippen molar-refractivity contribution in [1.29, 1.82) is 5.26 Å². The lowest BCUT2D eigenvalue weighted by molar-refractivity contribution is 0.435. The molecule has 2 aromatic rings. The first-order chi connectivity index (χ1) is 9.13. The van der Waals surface area contributed by atoms with Crippen LogP contribution in [-0.2, 0) is 0 Å². The van der Waals surface area contributed by atoms with Gasteiger partial charge >= 0.3 is 6.01 Å². The summed E-state index contributed by atoms with van der Waals surface area (Å²) in [7, 11) is 1.60. The van der Waals surface area contributed by atoms with Crippen molar-refractivity contribution < 1.29 is 9.13 Å². The number of hydrogen-bond donors (Lipinski definition) is 1. The summed E-state index contributed by atoms with van der Waals surface area (Å²) in [5.41, 5.74) is -0.231. The van der Waals surface area contributed by atoms with Crippen LogP contribution in [0.1, 0.15) is 5.56 Å². The minimum Gasteiger partial charge on any atom is -0.423 e. The minimum absolute atomic E-state index is 0.00631. The number of anilines is 1. The van der Waals surface area contributed by atoms with Gasteiger partial charge in [0.2, 0.25) is 11.2 Å². The molecule has 96 valence electrons. The Hall–Kier alpha value is -2.46. The predicted molar refractivity (Wildman–Crippen MR) is 65.6 cm³/mol. The highest BCUT2D eigenvalue weighted by atomic mass is 35.5. The van der Waals surface area contributed by atoms with Gasteiger partial charge in [0.25, 0.3) is 0 Å². The molecular formula is C11H7ClFN5O. The van der Waals surface area contributed by atoms with Crippen molar-refractivity contribution in [3.63, 3.8) is 0 Å². The fraction of sp³-hybridized carbons (Fsp3) is 0.0909. The monoisotopic (exact) mass is 279 g/mol. The maximum absolute atomic E-state index is 13.4. The van der Waals surface area contributed by atoms with E-state index in [0.717, 1.165) is 6.07 Å². The van der Waals surface area contributed by atoms with Gasteiger partial charge in [-0.25, -0.2) is 4.39 Å². The van der Waals surface area contributed by atoms with E-state index < -0.39 is 5.82 Å². The highest BCUT2D eigenvalue weighted by Crippen LogP contribution is 2.25. The van der Waals surface area contributed by atoms with E-state index in [1.165, 1.54) is 12.1 Å². The highest BCUT2D eigenvalue weighted by molar-refractivity contribution is 6.28. The normalized spacial score (nSPS) is 9.79. The number of rotatable bonds is 3. The third-order valence-electron chi connectivity index (χ3n) is 2.10. The number of ether oxygens (including phenoxy) is 1. The van der Waals surface area contributed by atoms with Crippen LogP contribution in [0.5, 0.6) is 11.8 Å². The van der Waals surface area contributed by atoms with Crippen LogP contribution < -0.4 is 10.1 Å². The lowest BCUT2D eigenvalue weighted by atomic mass is 10.2. The molecule has 0 fully saturated rings. The van der Waals surface area contributed by atoms with Gasteiger partial charge in [-0.3, -0.25) is 0 Å². The summed E-state index contributed by atoms with van der Waals surface area (Å²) in [6.45, 7) is 0. The lowest BCUT2D eigenvalue weighted by Gasteiger charge is -2.07. The molecule has 0 aliphatic rings. The second-order valence-electron chi connectivity index (χ2n) is 3.29. The molecule has 0 aliphatic carbocycles. The van der Waals surface area contributed by atoms with Crippen LogP contribution in [-0.4, -0.2) is 22.0 Å². The van der Waals surface area contributed by atoms with Crippen LogP contribution in [0.4, 0.5) is 10.3 Å². The minimum atomic E-state index is -0.686. The molecule has 0 unspecified atom stereocenters. The van der Waals surface area contributed by atoms with Crippen molar-refractivity contribution in [2.45, 2.75) is 0 Å². The Morgan fingerprint density at radius 2 is 2.16 bits per heavy atom. The molecular weight excluding hydrogens is 273 g/mol. The average molecular weight is 280 g/mol. The zero-order valence-electron chi connectivity index (χ0n) is 9.69. The second-order valence-corrected chi connectivity index (χ2v) is 3.63. The van der Waals surface area contributed by atoms with Crippen LogP contribution in [0.25, 0.3) is 0 Å². The predicted octanol–water partition coefficient (Wildman–Crippen LogP) is 2.37. The number of aromatic nitrogens is 3. The molecule has 0 bridgehead atoms. The number of halogens is 2. The van der Waals surface area contributed by atoms with E-state index in [1.807, 2.05) is 0 Å². The molecule has 1 aromatic carbocycles. The van der Waals surface area contributed by atoms with Gasteiger partial charge in [-0.05, 0) is 23.7 Å². The van der Waals surface area contributed by atoms with Gasteiger partial charge in [0, 0.05) is 7.05 Å². The molecule has 0 saturated heterocycles. The van der Waals surface area contributed by atoms with Crippen molar-refractivity contribution in [2.24, 2.45) is 0 Å². The van der Waals surface area contributed by atoms with Crippen molar-refractivity contribution >= 4 is 17.5 Å². The van der Waals surface area contributed by atoms with E-state index in [-0.39, 0.29) is 28.6 Å². The van der Waals surface area contributed by atoms with E-state index in [0.29, 0.717) is 0 Å².